The third kappa shape index (κ3) is 9.99. The van der Waals surface area contributed by atoms with Gasteiger partial charge < -0.3 is 15.5 Å². The van der Waals surface area contributed by atoms with Crippen LogP contribution in [-0.2, 0) is 16.3 Å². The fraction of sp³-hybridized carbons (Fsp3) is 0.533. The first-order valence-corrected chi connectivity index (χ1v) is 15.8. The monoisotopic (exact) mass is 603 g/mol. The lowest BCUT2D eigenvalue weighted by Crippen LogP contribution is -2.36. The lowest BCUT2D eigenvalue weighted by Gasteiger charge is -2.19. The third-order valence-electron chi connectivity index (χ3n) is 7.30. The van der Waals surface area contributed by atoms with Crippen LogP contribution in [0, 0.1) is 0 Å². The van der Waals surface area contributed by atoms with E-state index >= 15 is 0 Å². The topological polar surface area (TPSA) is 86.6 Å². The molecule has 0 amide bonds. The van der Waals surface area contributed by atoms with Crippen LogP contribution < -0.4 is 5.32 Å². The number of alkyl halides is 5. The Kier molecular flexibility index (Phi) is 11.6. The number of benzene rings is 2. The number of unbranched alkanes of at least 4 members (excludes halogenated alkanes) is 2. The summed E-state index contributed by atoms with van der Waals surface area (Å²) in [6.07, 6.45) is -1.52. The predicted molar refractivity (Wildman–Crippen MR) is 151 cm³/mol. The van der Waals surface area contributed by atoms with E-state index < -0.39 is 40.5 Å². The molecule has 2 aromatic rings. The van der Waals surface area contributed by atoms with E-state index in [4.69, 9.17) is 0 Å². The highest BCUT2D eigenvalue weighted by atomic mass is 32.2. The Hall–Kier alpha value is -2.66. The summed E-state index contributed by atoms with van der Waals surface area (Å²) in [6, 6.07) is 12.8. The zero-order valence-electron chi connectivity index (χ0n) is 22.9. The second-order valence-electron chi connectivity index (χ2n) is 10.6. The van der Waals surface area contributed by atoms with E-state index in [1.165, 1.54) is 11.1 Å². The summed E-state index contributed by atoms with van der Waals surface area (Å²) < 4.78 is 86.5. The molecule has 0 saturated carbocycles. The maximum Gasteiger partial charge on any atom is 0.453 e. The zero-order valence-corrected chi connectivity index (χ0v) is 23.8. The van der Waals surface area contributed by atoms with Gasteiger partial charge in [-0.3, -0.25) is 0 Å². The maximum atomic E-state index is 13.0. The molecule has 0 bridgehead atoms. The molecular weight excluding hydrogens is 565 g/mol. The van der Waals surface area contributed by atoms with Gasteiger partial charge in [0.1, 0.15) is 21.3 Å². The van der Waals surface area contributed by atoms with Crippen LogP contribution in [-0.4, -0.2) is 55.3 Å². The summed E-state index contributed by atoms with van der Waals surface area (Å²) in [5.74, 6) is -5.38. The molecule has 5 nitrogen and oxygen atoms in total. The van der Waals surface area contributed by atoms with Gasteiger partial charge in [0.2, 0.25) is 0 Å². The Morgan fingerprint density at radius 1 is 0.805 bits per heavy atom. The second kappa shape index (κ2) is 14.5. The molecule has 228 valence electrons. The largest absolute Gasteiger partial charge is 0.508 e. The molecule has 3 rings (SSSR count). The van der Waals surface area contributed by atoms with Crippen LogP contribution in [0.15, 0.2) is 42.5 Å². The summed E-state index contributed by atoms with van der Waals surface area (Å²) in [6.45, 7) is 1.07. The summed E-state index contributed by atoms with van der Waals surface area (Å²) in [7, 11) is -3.70. The van der Waals surface area contributed by atoms with Crippen LogP contribution in [0.3, 0.4) is 0 Å². The highest BCUT2D eigenvalue weighted by Crippen LogP contribution is 2.40. The number of halogens is 5. The maximum absolute atomic E-state index is 13.0. The molecular formula is C30H38F5NO4S. The van der Waals surface area contributed by atoms with Crippen LogP contribution in [0.2, 0.25) is 0 Å². The van der Waals surface area contributed by atoms with Crippen LogP contribution in [0.5, 0.6) is 11.5 Å². The second-order valence-corrected chi connectivity index (χ2v) is 12.9. The van der Waals surface area contributed by atoms with Crippen molar-refractivity contribution in [2.24, 2.45) is 0 Å². The summed E-state index contributed by atoms with van der Waals surface area (Å²) in [4.78, 5) is 0. The molecule has 0 radical (unpaired) electrons. The van der Waals surface area contributed by atoms with E-state index in [-0.39, 0.29) is 23.7 Å². The molecule has 0 spiro atoms. The number of fused-ring (bicyclic) bond motifs is 1. The number of allylic oxidation sites excluding steroid dienone is 2. The first kappa shape index (κ1) is 32.8. The fourth-order valence-corrected chi connectivity index (χ4v) is 6.55. The fourth-order valence-electron chi connectivity index (χ4n) is 5.18. The third-order valence-corrected chi connectivity index (χ3v) is 9.12. The molecule has 0 saturated heterocycles. The van der Waals surface area contributed by atoms with Gasteiger partial charge in [0, 0.05) is 6.42 Å². The smallest absolute Gasteiger partial charge is 0.453 e. The lowest BCUT2D eigenvalue weighted by atomic mass is 9.89. The van der Waals surface area contributed by atoms with E-state index in [1.54, 1.807) is 18.2 Å². The Balaban J connectivity index is 1.43. The van der Waals surface area contributed by atoms with Gasteiger partial charge in [0.25, 0.3) is 0 Å². The van der Waals surface area contributed by atoms with E-state index in [9.17, 15) is 40.6 Å². The van der Waals surface area contributed by atoms with Crippen molar-refractivity contribution >= 4 is 21.0 Å². The highest BCUT2D eigenvalue weighted by Gasteiger charge is 2.56. The number of aryl methyl sites for hydroxylation is 1. The van der Waals surface area contributed by atoms with E-state index in [2.05, 4.69) is 5.32 Å². The van der Waals surface area contributed by atoms with Gasteiger partial charge in [-0.15, -0.1) is 0 Å². The molecule has 0 atom stereocenters. The number of sulfone groups is 1. The molecule has 0 heterocycles. The molecule has 0 aliphatic heterocycles. The number of aromatic hydroxyl groups is 2. The molecule has 1 aliphatic carbocycles. The Labute approximate surface area is 238 Å². The lowest BCUT2D eigenvalue weighted by molar-refractivity contribution is -0.284. The minimum atomic E-state index is -5.67. The van der Waals surface area contributed by atoms with Gasteiger partial charge in [-0.2, -0.15) is 22.0 Å². The summed E-state index contributed by atoms with van der Waals surface area (Å²) >= 11 is 0. The average Bonchev–Trinajstić information content (AvgIpc) is 3.05. The minimum Gasteiger partial charge on any atom is -0.508 e. The standard InChI is InChI=1S/C30H38F5NO4S/c31-29(32,30(33,34)35)15-6-18-41(39,40)19-7-17-36-16-3-1-2-11-28-26(22-8-4-10-24(37)20-22)12-5-9-23-21-25(38)13-14-27(23)28/h4,8,10,13-14,20-21,36-38H,1-3,5-7,9,11-12,15-19H2. The Morgan fingerprint density at radius 2 is 1.51 bits per heavy atom. The van der Waals surface area contributed by atoms with E-state index in [0.717, 1.165) is 61.6 Å². The van der Waals surface area contributed by atoms with Crippen molar-refractivity contribution in [2.45, 2.75) is 76.3 Å². The predicted octanol–water partition coefficient (Wildman–Crippen LogP) is 7.28. The van der Waals surface area contributed by atoms with Gasteiger partial charge in [-0.05, 0) is 117 Å². The number of nitrogens with one attached hydrogen (secondary N) is 1. The number of phenolic OH excluding ortho intramolecular Hbond substituents is 2. The van der Waals surface area contributed by atoms with Crippen molar-refractivity contribution in [3.05, 3.63) is 59.2 Å². The van der Waals surface area contributed by atoms with Crippen molar-refractivity contribution < 1.29 is 40.6 Å². The van der Waals surface area contributed by atoms with Crippen molar-refractivity contribution in [3.63, 3.8) is 0 Å². The van der Waals surface area contributed by atoms with Gasteiger partial charge in [0.05, 0.1) is 11.5 Å². The van der Waals surface area contributed by atoms with Gasteiger partial charge in [-0.1, -0.05) is 24.6 Å². The number of hydrogen-bond acceptors (Lipinski definition) is 5. The Bertz CT molecular complexity index is 1290. The molecule has 3 N–H and O–H groups in total. The van der Waals surface area contributed by atoms with E-state index in [0.29, 0.717) is 13.1 Å². The van der Waals surface area contributed by atoms with Crippen molar-refractivity contribution in [2.75, 3.05) is 24.6 Å². The zero-order chi connectivity index (χ0) is 30.1. The average molecular weight is 604 g/mol. The number of hydrogen-bond donors (Lipinski definition) is 3. The Morgan fingerprint density at radius 3 is 2.24 bits per heavy atom. The quantitative estimate of drug-likeness (QED) is 0.147. The normalized spacial score (nSPS) is 14.7. The van der Waals surface area contributed by atoms with Crippen molar-refractivity contribution in [1.82, 2.24) is 5.32 Å². The molecule has 11 heteroatoms. The molecule has 0 unspecified atom stereocenters. The van der Waals surface area contributed by atoms with Crippen LogP contribution in [0.4, 0.5) is 22.0 Å². The van der Waals surface area contributed by atoms with Gasteiger partial charge >= 0.3 is 12.1 Å². The molecule has 0 aromatic heterocycles. The van der Waals surface area contributed by atoms with Gasteiger partial charge in [0.15, 0.2) is 0 Å². The van der Waals surface area contributed by atoms with Crippen LogP contribution >= 0.6 is 0 Å². The minimum absolute atomic E-state index is 0.214. The number of phenols is 2. The van der Waals surface area contributed by atoms with Crippen LogP contribution in [0.1, 0.15) is 74.5 Å². The summed E-state index contributed by atoms with van der Waals surface area (Å²) in [5.41, 5.74) is 5.65. The SMILES string of the molecule is O=S(=O)(CCCNCCCCCC1=C(c2cccc(O)c2)CCCc2cc(O)ccc21)CCCC(F)(F)C(F)(F)F. The summed E-state index contributed by atoms with van der Waals surface area (Å²) in [5, 5.41) is 23.2. The first-order valence-electron chi connectivity index (χ1n) is 14.0. The first-order chi connectivity index (χ1) is 19.3. The van der Waals surface area contributed by atoms with Gasteiger partial charge in [-0.25, -0.2) is 8.42 Å². The van der Waals surface area contributed by atoms with Crippen molar-refractivity contribution in [1.29, 1.82) is 0 Å². The van der Waals surface area contributed by atoms with E-state index in [1.807, 2.05) is 24.3 Å². The molecule has 0 fully saturated rings. The molecule has 1 aliphatic rings. The van der Waals surface area contributed by atoms with Crippen LogP contribution in [0.25, 0.3) is 11.1 Å². The molecule has 2 aromatic carbocycles. The highest BCUT2D eigenvalue weighted by molar-refractivity contribution is 7.91. The van der Waals surface area contributed by atoms with Crippen molar-refractivity contribution in [3.8, 4) is 11.5 Å². The number of rotatable bonds is 15. The molecule has 41 heavy (non-hydrogen) atoms.